The molecule has 0 spiro atoms. The van der Waals surface area contributed by atoms with E-state index in [1.54, 1.807) is 12.2 Å². The van der Waals surface area contributed by atoms with Crippen LogP contribution < -0.4 is 0 Å². The third-order valence-electron chi connectivity index (χ3n) is 1.87. The number of terminal acetylenes is 1. The van der Waals surface area contributed by atoms with Crippen LogP contribution in [0.4, 0.5) is 0 Å². The summed E-state index contributed by atoms with van der Waals surface area (Å²) in [5, 5.41) is 9.59. The molecule has 3 heteroatoms. The summed E-state index contributed by atoms with van der Waals surface area (Å²) >= 11 is 0. The summed E-state index contributed by atoms with van der Waals surface area (Å²) in [7, 11) is 0. The normalized spacial score (nSPS) is 47.3. The van der Waals surface area contributed by atoms with Crippen LogP contribution in [0.2, 0.25) is 0 Å². The van der Waals surface area contributed by atoms with Crippen molar-refractivity contribution in [3.8, 4) is 12.3 Å². The van der Waals surface area contributed by atoms with Crippen molar-refractivity contribution in [3.05, 3.63) is 12.2 Å². The summed E-state index contributed by atoms with van der Waals surface area (Å²) in [6, 6.07) is 0. The Hall–Kier alpha value is -0.820. The lowest BCUT2D eigenvalue weighted by Crippen LogP contribution is -2.42. The SMILES string of the molecule is C#CC1(O)C=CC2COC1O2. The predicted octanol–water partition coefficient (Wildman–Crippen LogP) is -0.338. The average molecular weight is 152 g/mol. The van der Waals surface area contributed by atoms with Crippen molar-refractivity contribution in [1.82, 2.24) is 0 Å². The van der Waals surface area contributed by atoms with Gasteiger partial charge in [-0.2, -0.15) is 0 Å². The van der Waals surface area contributed by atoms with Crippen molar-refractivity contribution >= 4 is 0 Å². The standard InChI is InChI=1S/C8H8O3/c1-2-8(9)4-3-6-5-10-7(8)11-6/h1,3-4,6-7,9H,5H2. The molecule has 3 atom stereocenters. The van der Waals surface area contributed by atoms with Crippen molar-refractivity contribution in [2.75, 3.05) is 6.61 Å². The Bertz CT molecular complexity index is 240. The second kappa shape index (κ2) is 2.08. The molecule has 2 heterocycles. The van der Waals surface area contributed by atoms with Crippen LogP contribution in [0.5, 0.6) is 0 Å². The van der Waals surface area contributed by atoms with Gasteiger partial charge in [-0.15, -0.1) is 6.42 Å². The number of ether oxygens (including phenoxy) is 2. The van der Waals surface area contributed by atoms with Crippen LogP contribution in [0.1, 0.15) is 0 Å². The molecule has 0 aromatic carbocycles. The van der Waals surface area contributed by atoms with E-state index in [1.807, 2.05) is 0 Å². The third kappa shape index (κ3) is 0.881. The number of aliphatic hydroxyl groups is 1. The maximum atomic E-state index is 9.59. The first-order valence-corrected chi connectivity index (χ1v) is 3.41. The van der Waals surface area contributed by atoms with E-state index in [9.17, 15) is 5.11 Å². The summed E-state index contributed by atoms with van der Waals surface area (Å²) in [6.45, 7) is 0.477. The molecule has 0 radical (unpaired) electrons. The summed E-state index contributed by atoms with van der Waals surface area (Å²) < 4.78 is 10.3. The molecule has 3 nitrogen and oxygen atoms in total. The summed E-state index contributed by atoms with van der Waals surface area (Å²) in [6.07, 6.45) is 7.68. The molecule has 2 aliphatic heterocycles. The topological polar surface area (TPSA) is 38.7 Å². The second-order valence-corrected chi connectivity index (χ2v) is 2.67. The fourth-order valence-electron chi connectivity index (χ4n) is 1.20. The Balaban J connectivity index is 2.33. The van der Waals surface area contributed by atoms with Crippen molar-refractivity contribution in [2.45, 2.75) is 18.0 Å². The fourth-order valence-corrected chi connectivity index (χ4v) is 1.20. The third-order valence-corrected chi connectivity index (χ3v) is 1.87. The van der Waals surface area contributed by atoms with Gasteiger partial charge in [-0.25, -0.2) is 0 Å². The molecule has 1 N–H and O–H groups in total. The number of fused-ring (bicyclic) bond motifs is 2. The van der Waals surface area contributed by atoms with E-state index in [2.05, 4.69) is 5.92 Å². The highest BCUT2D eigenvalue weighted by atomic mass is 16.7. The molecule has 2 bridgehead atoms. The van der Waals surface area contributed by atoms with Crippen LogP contribution in [0.25, 0.3) is 0 Å². The molecule has 0 amide bonds. The lowest BCUT2D eigenvalue weighted by Gasteiger charge is -2.26. The van der Waals surface area contributed by atoms with Gasteiger partial charge in [0, 0.05) is 0 Å². The molecular weight excluding hydrogens is 144 g/mol. The lowest BCUT2D eigenvalue weighted by molar-refractivity contribution is -0.144. The predicted molar refractivity (Wildman–Crippen MR) is 37.5 cm³/mol. The number of hydrogen-bond donors (Lipinski definition) is 1. The maximum Gasteiger partial charge on any atom is 0.202 e. The first kappa shape index (κ1) is 6.86. The van der Waals surface area contributed by atoms with Crippen molar-refractivity contribution in [3.63, 3.8) is 0 Å². The highest BCUT2D eigenvalue weighted by Gasteiger charge is 2.43. The van der Waals surface area contributed by atoms with Crippen LogP contribution in [-0.4, -0.2) is 29.7 Å². The van der Waals surface area contributed by atoms with Crippen molar-refractivity contribution in [1.29, 1.82) is 0 Å². The quantitative estimate of drug-likeness (QED) is 0.381. The molecular formula is C8H8O3. The average Bonchev–Trinajstić information content (AvgIpc) is 2.44. The maximum absolute atomic E-state index is 9.59. The van der Waals surface area contributed by atoms with E-state index < -0.39 is 11.9 Å². The molecule has 1 fully saturated rings. The van der Waals surface area contributed by atoms with Gasteiger partial charge in [-0.3, -0.25) is 0 Å². The molecule has 11 heavy (non-hydrogen) atoms. The van der Waals surface area contributed by atoms with Gasteiger partial charge < -0.3 is 14.6 Å². The van der Waals surface area contributed by atoms with Gasteiger partial charge in [-0.05, 0) is 6.08 Å². The first-order valence-electron chi connectivity index (χ1n) is 3.41. The van der Waals surface area contributed by atoms with Crippen LogP contribution in [0, 0.1) is 12.3 Å². The van der Waals surface area contributed by atoms with Gasteiger partial charge in [0.1, 0.15) is 6.10 Å². The Morgan fingerprint density at radius 2 is 2.55 bits per heavy atom. The summed E-state index contributed by atoms with van der Waals surface area (Å²) in [5.41, 5.74) is -1.37. The van der Waals surface area contributed by atoms with E-state index in [-0.39, 0.29) is 6.10 Å². The first-order chi connectivity index (χ1) is 5.24. The Morgan fingerprint density at radius 1 is 1.73 bits per heavy atom. The molecule has 2 aliphatic rings. The van der Waals surface area contributed by atoms with Gasteiger partial charge in [0.05, 0.1) is 6.61 Å². The minimum atomic E-state index is -1.37. The van der Waals surface area contributed by atoms with Crippen LogP contribution >= 0.6 is 0 Å². The van der Waals surface area contributed by atoms with Crippen molar-refractivity contribution in [2.24, 2.45) is 0 Å². The number of rotatable bonds is 0. The molecule has 1 saturated heterocycles. The minimum absolute atomic E-state index is 0.0337. The molecule has 2 rings (SSSR count). The van der Waals surface area contributed by atoms with Gasteiger partial charge in [0.2, 0.25) is 6.29 Å². The monoisotopic (exact) mass is 152 g/mol. The molecule has 0 saturated carbocycles. The van der Waals surface area contributed by atoms with E-state index in [0.29, 0.717) is 6.61 Å². The van der Waals surface area contributed by atoms with E-state index in [1.165, 1.54) is 0 Å². The second-order valence-electron chi connectivity index (χ2n) is 2.67. The Morgan fingerprint density at radius 3 is 3.27 bits per heavy atom. The minimum Gasteiger partial charge on any atom is -0.370 e. The van der Waals surface area contributed by atoms with Crippen LogP contribution in [0.3, 0.4) is 0 Å². The van der Waals surface area contributed by atoms with Gasteiger partial charge in [-0.1, -0.05) is 12.0 Å². The van der Waals surface area contributed by atoms with Gasteiger partial charge in [0.15, 0.2) is 5.60 Å². The van der Waals surface area contributed by atoms with Gasteiger partial charge >= 0.3 is 0 Å². The lowest BCUT2D eigenvalue weighted by atomic mass is 10.0. The van der Waals surface area contributed by atoms with E-state index in [0.717, 1.165) is 0 Å². The zero-order valence-corrected chi connectivity index (χ0v) is 5.86. The highest BCUT2D eigenvalue weighted by molar-refractivity contribution is 5.25. The van der Waals surface area contributed by atoms with Gasteiger partial charge in [0.25, 0.3) is 0 Å². The number of hydrogen-bond acceptors (Lipinski definition) is 3. The highest BCUT2D eigenvalue weighted by Crippen LogP contribution is 2.28. The molecule has 0 aromatic rings. The van der Waals surface area contributed by atoms with E-state index >= 15 is 0 Å². The van der Waals surface area contributed by atoms with Crippen LogP contribution in [-0.2, 0) is 9.47 Å². The Labute approximate surface area is 64.6 Å². The Kier molecular flexibility index (Phi) is 1.30. The summed E-state index contributed by atoms with van der Waals surface area (Å²) in [5.74, 6) is 2.23. The molecule has 58 valence electrons. The smallest absolute Gasteiger partial charge is 0.202 e. The summed E-state index contributed by atoms with van der Waals surface area (Å²) in [4.78, 5) is 0. The van der Waals surface area contributed by atoms with E-state index in [4.69, 9.17) is 15.9 Å². The zero-order chi connectivity index (χ0) is 7.90. The molecule has 0 aromatic heterocycles. The largest absolute Gasteiger partial charge is 0.370 e. The molecule has 3 unspecified atom stereocenters. The van der Waals surface area contributed by atoms with Crippen LogP contribution in [0.15, 0.2) is 12.2 Å². The fraction of sp³-hybridized carbons (Fsp3) is 0.500. The zero-order valence-electron chi connectivity index (χ0n) is 5.86. The van der Waals surface area contributed by atoms with Crippen molar-refractivity contribution < 1.29 is 14.6 Å². The molecule has 0 aliphatic carbocycles.